The minimum atomic E-state index is -0.0415. The van der Waals surface area contributed by atoms with Crippen LogP contribution in [0.2, 0.25) is 0 Å². The summed E-state index contributed by atoms with van der Waals surface area (Å²) >= 11 is 0. The molecule has 0 amide bonds. The van der Waals surface area contributed by atoms with Crippen molar-refractivity contribution in [2.75, 3.05) is 13.2 Å². The van der Waals surface area contributed by atoms with Crippen molar-refractivity contribution >= 4 is 5.97 Å². The molecule has 0 heterocycles. The van der Waals surface area contributed by atoms with Gasteiger partial charge in [-0.1, -0.05) is 70.4 Å². The van der Waals surface area contributed by atoms with E-state index in [1.807, 2.05) is 6.92 Å². The Labute approximate surface area is 157 Å². The van der Waals surface area contributed by atoms with E-state index >= 15 is 0 Å². The van der Waals surface area contributed by atoms with E-state index < -0.39 is 0 Å². The molecule has 0 bridgehead atoms. The maximum Gasteiger partial charge on any atom is 0.305 e. The molecule has 25 heavy (non-hydrogen) atoms. The van der Waals surface area contributed by atoms with E-state index in [0.717, 1.165) is 12.8 Å². The topological polar surface area (TPSA) is 46.5 Å². The molecule has 3 heteroatoms. The number of carbonyl (C=O) groups excluding carboxylic acids is 1. The van der Waals surface area contributed by atoms with Crippen molar-refractivity contribution in [3.63, 3.8) is 0 Å². The van der Waals surface area contributed by atoms with Crippen molar-refractivity contribution in [2.24, 2.45) is 0 Å². The summed E-state index contributed by atoms with van der Waals surface area (Å²) in [5.41, 5.74) is 0. The van der Waals surface area contributed by atoms with E-state index in [-0.39, 0.29) is 12.6 Å². The second-order valence-electron chi connectivity index (χ2n) is 6.46. The number of hydrogen-bond donors (Lipinski definition) is 1. The Balaban J connectivity index is 0. The van der Waals surface area contributed by atoms with Gasteiger partial charge in [0.25, 0.3) is 0 Å². The van der Waals surface area contributed by atoms with E-state index in [9.17, 15) is 4.79 Å². The number of aliphatic hydroxyl groups is 1. The van der Waals surface area contributed by atoms with Gasteiger partial charge in [-0.2, -0.15) is 0 Å². The molecule has 0 rings (SSSR count). The average molecular weight is 357 g/mol. The number of rotatable bonds is 16. The third-order valence-corrected chi connectivity index (χ3v) is 3.95. The third-order valence-electron chi connectivity index (χ3n) is 3.95. The Bertz CT molecular complexity index is 274. The maximum absolute atomic E-state index is 11.1. The Kier molecular flexibility index (Phi) is 26.8. The molecule has 150 valence electrons. The fourth-order valence-corrected chi connectivity index (χ4v) is 2.57. The Hall–Kier alpha value is -0.830. The van der Waals surface area contributed by atoms with E-state index in [1.54, 1.807) is 6.92 Å². The van der Waals surface area contributed by atoms with Crippen molar-refractivity contribution in [2.45, 2.75) is 111 Å². The molecule has 0 saturated heterocycles. The predicted molar refractivity (Wildman–Crippen MR) is 109 cm³/mol. The van der Waals surface area contributed by atoms with Gasteiger partial charge in [0, 0.05) is 13.0 Å². The first-order chi connectivity index (χ1) is 12.2. The molecule has 0 aromatic heterocycles. The molecule has 3 nitrogen and oxygen atoms in total. The molecule has 0 aromatic carbocycles. The van der Waals surface area contributed by atoms with Gasteiger partial charge in [-0.15, -0.1) is 0 Å². The van der Waals surface area contributed by atoms with Crippen LogP contribution in [0.1, 0.15) is 111 Å². The summed E-state index contributed by atoms with van der Waals surface area (Å²) in [7, 11) is 0. The van der Waals surface area contributed by atoms with Crippen LogP contribution in [0.15, 0.2) is 12.2 Å². The van der Waals surface area contributed by atoms with Crippen molar-refractivity contribution in [3.8, 4) is 0 Å². The number of allylic oxidation sites excluding steroid dienone is 2. The molecule has 0 saturated carbocycles. The summed E-state index contributed by atoms with van der Waals surface area (Å²) in [5, 5.41) is 7.57. The number of hydrogen-bond acceptors (Lipinski definition) is 3. The van der Waals surface area contributed by atoms with Gasteiger partial charge in [-0.3, -0.25) is 4.79 Å². The summed E-state index contributed by atoms with van der Waals surface area (Å²) in [4.78, 5) is 11.1. The lowest BCUT2D eigenvalue weighted by atomic mass is 10.1. The standard InChI is InChI=1S/C20H38O2.C2H6O/c1-3-5-6-7-8-9-10-11-12-13-14-15-16-17-18-19-20(21)22-4-2;1-2-3/h11-12H,3-10,13-19H2,1-2H3;3H,2H2,1H3. The van der Waals surface area contributed by atoms with Crippen LogP contribution in [0.5, 0.6) is 0 Å². The molecule has 0 aliphatic carbocycles. The first-order valence-electron chi connectivity index (χ1n) is 10.6. The van der Waals surface area contributed by atoms with Crippen molar-refractivity contribution in [1.29, 1.82) is 0 Å². The molecule has 0 atom stereocenters. The normalized spacial score (nSPS) is 10.6. The Morgan fingerprint density at radius 2 is 1.20 bits per heavy atom. The molecular weight excluding hydrogens is 312 g/mol. The summed E-state index contributed by atoms with van der Waals surface area (Å²) in [6.45, 7) is 6.56. The number of esters is 1. The monoisotopic (exact) mass is 356 g/mol. The van der Waals surface area contributed by atoms with Gasteiger partial charge in [-0.05, 0) is 46.0 Å². The third kappa shape index (κ3) is 28.3. The Morgan fingerprint density at radius 3 is 1.68 bits per heavy atom. The highest BCUT2D eigenvalue weighted by Gasteiger charge is 2.00. The lowest BCUT2D eigenvalue weighted by molar-refractivity contribution is -0.143. The summed E-state index contributed by atoms with van der Waals surface area (Å²) in [6.07, 6.45) is 22.0. The van der Waals surface area contributed by atoms with Crippen molar-refractivity contribution < 1.29 is 14.6 Å². The summed E-state index contributed by atoms with van der Waals surface area (Å²) in [6, 6.07) is 0. The molecule has 0 unspecified atom stereocenters. The van der Waals surface area contributed by atoms with Crippen LogP contribution in [0.25, 0.3) is 0 Å². The molecule has 0 spiro atoms. The van der Waals surface area contributed by atoms with Gasteiger partial charge in [0.15, 0.2) is 0 Å². The van der Waals surface area contributed by atoms with E-state index in [2.05, 4.69) is 19.1 Å². The largest absolute Gasteiger partial charge is 0.466 e. The van der Waals surface area contributed by atoms with Crippen molar-refractivity contribution in [3.05, 3.63) is 12.2 Å². The van der Waals surface area contributed by atoms with Gasteiger partial charge in [-0.25, -0.2) is 0 Å². The van der Waals surface area contributed by atoms with Crippen LogP contribution in [0, 0.1) is 0 Å². The highest BCUT2D eigenvalue weighted by Crippen LogP contribution is 2.10. The number of carbonyl (C=O) groups is 1. The SMILES string of the molecule is CCCCCCCCC=CCCCCCCCC(=O)OCC.CCO. The fraction of sp³-hybridized carbons (Fsp3) is 0.864. The second-order valence-corrected chi connectivity index (χ2v) is 6.46. The lowest BCUT2D eigenvalue weighted by Gasteiger charge is -2.01. The molecule has 0 aliphatic rings. The number of ether oxygens (including phenoxy) is 1. The van der Waals surface area contributed by atoms with Crippen LogP contribution >= 0.6 is 0 Å². The zero-order valence-corrected chi connectivity index (χ0v) is 17.2. The summed E-state index contributed by atoms with van der Waals surface area (Å²) < 4.78 is 4.91. The van der Waals surface area contributed by atoms with Gasteiger partial charge in [0.05, 0.1) is 6.61 Å². The Morgan fingerprint density at radius 1 is 0.760 bits per heavy atom. The minimum absolute atomic E-state index is 0.0415. The zero-order valence-electron chi connectivity index (χ0n) is 17.2. The number of unbranched alkanes of at least 4 members (excludes halogenated alkanes) is 11. The molecule has 0 fully saturated rings. The van der Waals surface area contributed by atoms with Crippen molar-refractivity contribution in [1.82, 2.24) is 0 Å². The van der Waals surface area contributed by atoms with E-state index in [0.29, 0.717) is 13.0 Å². The van der Waals surface area contributed by atoms with Gasteiger partial charge >= 0.3 is 5.97 Å². The van der Waals surface area contributed by atoms with Crippen LogP contribution in [-0.4, -0.2) is 24.3 Å². The average Bonchev–Trinajstić information content (AvgIpc) is 2.59. The molecule has 0 aromatic rings. The zero-order chi connectivity index (χ0) is 19.0. The van der Waals surface area contributed by atoms with Gasteiger partial charge in [0.1, 0.15) is 0 Å². The fourth-order valence-electron chi connectivity index (χ4n) is 2.57. The minimum Gasteiger partial charge on any atom is -0.466 e. The highest BCUT2D eigenvalue weighted by atomic mass is 16.5. The van der Waals surface area contributed by atoms with Gasteiger partial charge < -0.3 is 9.84 Å². The van der Waals surface area contributed by atoms with Crippen LogP contribution in [-0.2, 0) is 9.53 Å². The predicted octanol–water partition coefficient (Wildman–Crippen LogP) is 6.59. The molecule has 0 radical (unpaired) electrons. The molecule has 0 aliphatic heterocycles. The first kappa shape index (κ1) is 26.4. The quantitative estimate of drug-likeness (QED) is 0.193. The second kappa shape index (κ2) is 25.4. The lowest BCUT2D eigenvalue weighted by Crippen LogP contribution is -2.03. The van der Waals surface area contributed by atoms with Crippen LogP contribution in [0.3, 0.4) is 0 Å². The summed E-state index contributed by atoms with van der Waals surface area (Å²) in [5.74, 6) is -0.0415. The number of aliphatic hydroxyl groups excluding tert-OH is 1. The van der Waals surface area contributed by atoms with Crippen LogP contribution < -0.4 is 0 Å². The van der Waals surface area contributed by atoms with E-state index in [1.165, 1.54) is 70.6 Å². The van der Waals surface area contributed by atoms with E-state index in [4.69, 9.17) is 9.84 Å². The van der Waals surface area contributed by atoms with Gasteiger partial charge in [0.2, 0.25) is 0 Å². The van der Waals surface area contributed by atoms with Crippen LogP contribution in [0.4, 0.5) is 0 Å². The highest BCUT2D eigenvalue weighted by molar-refractivity contribution is 5.69. The smallest absolute Gasteiger partial charge is 0.305 e. The molecular formula is C22H44O3. The maximum atomic E-state index is 11.1. The first-order valence-corrected chi connectivity index (χ1v) is 10.6. The molecule has 1 N–H and O–H groups in total.